The van der Waals surface area contributed by atoms with E-state index in [9.17, 15) is 0 Å². The zero-order valence-electron chi connectivity index (χ0n) is 10.9. The van der Waals surface area contributed by atoms with E-state index in [4.69, 9.17) is 0 Å². The average molecular weight is 233 g/mol. The standard InChI is InChI=1S/C14H23N3/c1-3-15-14-16-10(2)8-17(14)9-13-7-11-4-5-12(13)6-11/h8,11-13H,3-7,9H2,1-2H3,(H,15,16). The maximum atomic E-state index is 4.56. The van der Waals surface area contributed by atoms with Gasteiger partial charge < -0.3 is 9.88 Å². The fraction of sp³-hybridized carbons (Fsp3) is 0.786. The summed E-state index contributed by atoms with van der Waals surface area (Å²) in [6, 6.07) is 0. The third-order valence-corrected chi connectivity index (χ3v) is 4.55. The van der Waals surface area contributed by atoms with E-state index < -0.39 is 0 Å². The highest BCUT2D eigenvalue weighted by atomic mass is 15.2. The van der Waals surface area contributed by atoms with Crippen LogP contribution >= 0.6 is 0 Å². The normalized spacial score (nSPS) is 31.1. The number of hydrogen-bond donors (Lipinski definition) is 1. The van der Waals surface area contributed by atoms with Gasteiger partial charge >= 0.3 is 0 Å². The molecule has 0 aliphatic heterocycles. The van der Waals surface area contributed by atoms with Crippen LogP contribution in [0.25, 0.3) is 0 Å². The van der Waals surface area contributed by atoms with Crippen LogP contribution in [-0.4, -0.2) is 16.1 Å². The molecule has 0 radical (unpaired) electrons. The molecular formula is C14H23N3. The Morgan fingerprint density at radius 3 is 2.94 bits per heavy atom. The van der Waals surface area contributed by atoms with Crippen LogP contribution in [0.2, 0.25) is 0 Å². The molecule has 17 heavy (non-hydrogen) atoms. The number of rotatable bonds is 4. The van der Waals surface area contributed by atoms with Crippen molar-refractivity contribution < 1.29 is 0 Å². The molecule has 2 fully saturated rings. The van der Waals surface area contributed by atoms with Crippen LogP contribution in [0.4, 0.5) is 5.95 Å². The third-order valence-electron chi connectivity index (χ3n) is 4.55. The number of nitrogens with zero attached hydrogens (tertiary/aromatic N) is 2. The molecule has 3 unspecified atom stereocenters. The summed E-state index contributed by atoms with van der Waals surface area (Å²) in [5.41, 5.74) is 1.13. The first-order valence-corrected chi connectivity index (χ1v) is 7.04. The predicted molar refractivity (Wildman–Crippen MR) is 70.1 cm³/mol. The molecule has 94 valence electrons. The number of fused-ring (bicyclic) bond motifs is 2. The monoisotopic (exact) mass is 233 g/mol. The Hall–Kier alpha value is -0.990. The lowest BCUT2D eigenvalue weighted by Gasteiger charge is -2.22. The average Bonchev–Trinajstić information content (AvgIpc) is 2.96. The van der Waals surface area contributed by atoms with E-state index in [0.717, 1.165) is 35.9 Å². The van der Waals surface area contributed by atoms with Gasteiger partial charge in [0.2, 0.25) is 5.95 Å². The lowest BCUT2D eigenvalue weighted by molar-refractivity contribution is 0.297. The molecule has 2 aliphatic carbocycles. The summed E-state index contributed by atoms with van der Waals surface area (Å²) in [5.74, 6) is 4.00. The number of anilines is 1. The van der Waals surface area contributed by atoms with Gasteiger partial charge in [-0.25, -0.2) is 4.98 Å². The Balaban J connectivity index is 1.72. The molecule has 0 aromatic carbocycles. The van der Waals surface area contributed by atoms with Gasteiger partial charge in [-0.15, -0.1) is 0 Å². The number of aryl methyl sites for hydroxylation is 1. The SMILES string of the molecule is CCNc1nc(C)cn1CC1CC2CCC1C2. The molecule has 1 heterocycles. The molecular weight excluding hydrogens is 210 g/mol. The van der Waals surface area contributed by atoms with Crippen LogP contribution in [-0.2, 0) is 6.54 Å². The van der Waals surface area contributed by atoms with Crippen molar-refractivity contribution in [2.45, 2.75) is 46.1 Å². The van der Waals surface area contributed by atoms with E-state index in [-0.39, 0.29) is 0 Å². The van der Waals surface area contributed by atoms with E-state index in [1.807, 2.05) is 0 Å². The number of imidazole rings is 1. The molecule has 2 aliphatic rings. The minimum Gasteiger partial charge on any atom is -0.356 e. The highest BCUT2D eigenvalue weighted by molar-refractivity contribution is 5.28. The van der Waals surface area contributed by atoms with Gasteiger partial charge in [0, 0.05) is 19.3 Å². The molecule has 0 amide bonds. The lowest BCUT2D eigenvalue weighted by Crippen LogP contribution is -2.18. The van der Waals surface area contributed by atoms with E-state index in [0.29, 0.717) is 0 Å². The van der Waals surface area contributed by atoms with Crippen LogP contribution in [0, 0.1) is 24.7 Å². The Labute approximate surface area is 104 Å². The maximum Gasteiger partial charge on any atom is 0.203 e. The quantitative estimate of drug-likeness (QED) is 0.866. The van der Waals surface area contributed by atoms with Crippen molar-refractivity contribution in [1.29, 1.82) is 0 Å². The van der Waals surface area contributed by atoms with Gasteiger partial charge in [-0.1, -0.05) is 6.42 Å². The first kappa shape index (κ1) is 11.1. The molecule has 3 rings (SSSR count). The van der Waals surface area contributed by atoms with E-state index >= 15 is 0 Å². The first-order chi connectivity index (χ1) is 8.26. The van der Waals surface area contributed by atoms with Crippen molar-refractivity contribution in [1.82, 2.24) is 9.55 Å². The molecule has 0 saturated heterocycles. The molecule has 3 nitrogen and oxygen atoms in total. The highest BCUT2D eigenvalue weighted by Gasteiger charge is 2.39. The van der Waals surface area contributed by atoms with Crippen LogP contribution in [0.1, 0.15) is 38.3 Å². The summed E-state index contributed by atoms with van der Waals surface area (Å²) in [6.07, 6.45) is 8.11. The van der Waals surface area contributed by atoms with E-state index in [2.05, 4.69) is 34.9 Å². The topological polar surface area (TPSA) is 29.9 Å². The van der Waals surface area contributed by atoms with Crippen molar-refractivity contribution in [3.8, 4) is 0 Å². The number of aromatic nitrogens is 2. The third kappa shape index (κ3) is 2.07. The van der Waals surface area contributed by atoms with Crippen molar-refractivity contribution in [3.63, 3.8) is 0 Å². The van der Waals surface area contributed by atoms with Gasteiger partial charge in [0.25, 0.3) is 0 Å². The fourth-order valence-electron chi connectivity index (χ4n) is 3.84. The van der Waals surface area contributed by atoms with E-state index in [1.54, 1.807) is 0 Å². The Bertz CT molecular complexity index is 396. The number of hydrogen-bond acceptors (Lipinski definition) is 2. The van der Waals surface area contributed by atoms with Crippen molar-refractivity contribution in [3.05, 3.63) is 11.9 Å². The largest absolute Gasteiger partial charge is 0.356 e. The molecule has 3 heteroatoms. The first-order valence-electron chi connectivity index (χ1n) is 7.04. The Morgan fingerprint density at radius 2 is 2.29 bits per heavy atom. The summed E-state index contributed by atoms with van der Waals surface area (Å²) in [5, 5.41) is 3.37. The maximum absolute atomic E-state index is 4.56. The van der Waals surface area contributed by atoms with Gasteiger partial charge in [-0.3, -0.25) is 0 Å². The zero-order chi connectivity index (χ0) is 11.8. The highest BCUT2D eigenvalue weighted by Crippen LogP contribution is 2.48. The molecule has 1 aromatic rings. The second-order valence-electron chi connectivity index (χ2n) is 5.82. The number of nitrogens with one attached hydrogen (secondary N) is 1. The Morgan fingerprint density at radius 1 is 1.41 bits per heavy atom. The summed E-state index contributed by atoms with van der Waals surface area (Å²) in [6.45, 7) is 6.33. The van der Waals surface area contributed by atoms with Gasteiger partial charge in [0.05, 0.1) is 5.69 Å². The molecule has 2 bridgehead atoms. The molecule has 0 spiro atoms. The fourth-order valence-corrected chi connectivity index (χ4v) is 3.84. The summed E-state index contributed by atoms with van der Waals surface area (Å²) < 4.78 is 2.34. The smallest absolute Gasteiger partial charge is 0.203 e. The summed E-state index contributed by atoms with van der Waals surface area (Å²) in [7, 11) is 0. The van der Waals surface area contributed by atoms with Gasteiger partial charge in [-0.2, -0.15) is 0 Å². The molecule has 3 atom stereocenters. The van der Waals surface area contributed by atoms with Gasteiger partial charge in [0.15, 0.2) is 0 Å². The van der Waals surface area contributed by atoms with Crippen molar-refractivity contribution >= 4 is 5.95 Å². The second-order valence-corrected chi connectivity index (χ2v) is 5.82. The minimum absolute atomic E-state index is 0.903. The summed E-state index contributed by atoms with van der Waals surface area (Å²) >= 11 is 0. The van der Waals surface area contributed by atoms with Gasteiger partial charge in [-0.05, 0) is 50.9 Å². The van der Waals surface area contributed by atoms with Gasteiger partial charge in [0.1, 0.15) is 0 Å². The second kappa shape index (κ2) is 4.35. The predicted octanol–water partition coefficient (Wildman–Crippen LogP) is 3.06. The van der Waals surface area contributed by atoms with Crippen LogP contribution < -0.4 is 5.32 Å². The molecule has 2 saturated carbocycles. The molecule has 1 aromatic heterocycles. The Kier molecular flexibility index (Phi) is 2.85. The van der Waals surface area contributed by atoms with Crippen molar-refractivity contribution in [2.24, 2.45) is 17.8 Å². The van der Waals surface area contributed by atoms with Crippen LogP contribution in [0.3, 0.4) is 0 Å². The van der Waals surface area contributed by atoms with E-state index in [1.165, 1.54) is 32.2 Å². The van der Waals surface area contributed by atoms with Crippen LogP contribution in [0.5, 0.6) is 0 Å². The lowest BCUT2D eigenvalue weighted by atomic mass is 9.89. The van der Waals surface area contributed by atoms with Crippen LogP contribution in [0.15, 0.2) is 6.20 Å². The molecule has 1 N–H and O–H groups in total. The summed E-state index contributed by atoms with van der Waals surface area (Å²) in [4.78, 5) is 4.56. The van der Waals surface area contributed by atoms with Crippen molar-refractivity contribution in [2.75, 3.05) is 11.9 Å². The minimum atomic E-state index is 0.903. The zero-order valence-corrected chi connectivity index (χ0v) is 10.9.